The van der Waals surface area contributed by atoms with E-state index >= 15 is 0 Å². The summed E-state index contributed by atoms with van der Waals surface area (Å²) in [5, 5.41) is 0. The van der Waals surface area contributed by atoms with Crippen molar-refractivity contribution in [3.05, 3.63) is 57.0 Å². The number of para-hydroxylation sites is 1. The lowest BCUT2D eigenvalue weighted by molar-refractivity contribution is -0.146. The normalized spacial score (nSPS) is 12.5. The second-order valence-electron chi connectivity index (χ2n) is 7.47. The number of benzene rings is 1. The highest BCUT2D eigenvalue weighted by atomic mass is 16.5. The highest BCUT2D eigenvalue weighted by Gasteiger charge is 2.25. The first-order valence-electron chi connectivity index (χ1n) is 9.72. The molecule has 1 atom stereocenters. The van der Waals surface area contributed by atoms with E-state index in [0.29, 0.717) is 5.69 Å². The number of fused-ring (bicyclic) bond motifs is 1. The van der Waals surface area contributed by atoms with Gasteiger partial charge in [-0.25, -0.2) is 19.1 Å². The van der Waals surface area contributed by atoms with Gasteiger partial charge in [-0.15, -0.1) is 0 Å². The Bertz CT molecular complexity index is 1170. The Morgan fingerprint density at radius 2 is 1.86 bits per heavy atom. The minimum absolute atomic E-state index is 0.0852. The fourth-order valence-electron chi connectivity index (χ4n) is 3.37. The minimum atomic E-state index is -0.747. The number of hydrogen-bond donors (Lipinski definition) is 0. The molecule has 0 aliphatic heterocycles. The first kappa shape index (κ1) is 20.6. The molecule has 154 valence electrons. The summed E-state index contributed by atoms with van der Waals surface area (Å²) >= 11 is 0. The number of aromatic nitrogens is 4. The number of rotatable bonds is 6. The van der Waals surface area contributed by atoms with Crippen LogP contribution in [0.1, 0.15) is 39.3 Å². The van der Waals surface area contributed by atoms with Crippen LogP contribution in [0.15, 0.2) is 40.2 Å². The van der Waals surface area contributed by atoms with Crippen LogP contribution in [-0.2, 0) is 16.1 Å². The van der Waals surface area contributed by atoms with E-state index in [0.717, 1.165) is 5.56 Å². The average Bonchev–Trinajstić information content (AvgIpc) is 3.11. The van der Waals surface area contributed by atoms with Gasteiger partial charge in [-0.2, -0.15) is 0 Å². The molecule has 3 aromatic rings. The van der Waals surface area contributed by atoms with Crippen LogP contribution in [0.25, 0.3) is 16.9 Å². The van der Waals surface area contributed by atoms with E-state index in [9.17, 15) is 14.4 Å². The molecule has 0 radical (unpaired) electrons. The van der Waals surface area contributed by atoms with Gasteiger partial charge in [-0.05, 0) is 38.3 Å². The Balaban J connectivity index is 2.40. The van der Waals surface area contributed by atoms with Gasteiger partial charge in [-0.1, -0.05) is 32.0 Å². The molecule has 0 N–H and O–H groups in total. The minimum Gasteiger partial charge on any atom is -0.464 e. The van der Waals surface area contributed by atoms with Gasteiger partial charge in [0.05, 0.1) is 18.6 Å². The Labute approximate surface area is 168 Å². The van der Waals surface area contributed by atoms with Crippen molar-refractivity contribution in [1.82, 2.24) is 18.7 Å². The number of esters is 1. The summed E-state index contributed by atoms with van der Waals surface area (Å²) in [4.78, 5) is 43.2. The molecular weight excluding hydrogens is 372 g/mol. The Kier molecular flexibility index (Phi) is 5.72. The molecule has 0 aliphatic carbocycles. The molecule has 0 amide bonds. The van der Waals surface area contributed by atoms with Gasteiger partial charge in [0.2, 0.25) is 0 Å². The van der Waals surface area contributed by atoms with Gasteiger partial charge in [-0.3, -0.25) is 9.36 Å². The van der Waals surface area contributed by atoms with Crippen LogP contribution in [0.5, 0.6) is 0 Å². The molecule has 0 aliphatic rings. The third-order valence-corrected chi connectivity index (χ3v) is 4.81. The number of aryl methyl sites for hydroxylation is 1. The molecule has 0 spiro atoms. The molecule has 1 aromatic carbocycles. The van der Waals surface area contributed by atoms with Crippen LogP contribution >= 0.6 is 0 Å². The third kappa shape index (κ3) is 3.62. The van der Waals surface area contributed by atoms with Crippen molar-refractivity contribution >= 4 is 17.1 Å². The molecule has 2 aromatic heterocycles. The SMILES string of the molecule is CCOC(=O)[C@@H](C)n1cnc2c1c(=O)n(CC(C)C)c(=O)n2-c1ccccc1C. The lowest BCUT2D eigenvalue weighted by Crippen LogP contribution is -2.41. The van der Waals surface area contributed by atoms with Crippen LogP contribution in [0, 0.1) is 12.8 Å². The van der Waals surface area contributed by atoms with E-state index in [-0.39, 0.29) is 30.2 Å². The van der Waals surface area contributed by atoms with Crippen molar-refractivity contribution in [2.45, 2.75) is 47.2 Å². The Morgan fingerprint density at radius 3 is 2.48 bits per heavy atom. The first-order valence-corrected chi connectivity index (χ1v) is 9.72. The van der Waals surface area contributed by atoms with E-state index in [2.05, 4.69) is 4.98 Å². The zero-order valence-corrected chi connectivity index (χ0v) is 17.4. The van der Waals surface area contributed by atoms with Crippen LogP contribution in [0.4, 0.5) is 0 Å². The summed E-state index contributed by atoms with van der Waals surface area (Å²) in [5.74, 6) is -0.378. The van der Waals surface area contributed by atoms with Gasteiger partial charge < -0.3 is 9.30 Å². The summed E-state index contributed by atoms with van der Waals surface area (Å²) in [6.45, 7) is 9.64. The maximum absolute atomic E-state index is 13.3. The fraction of sp³-hybridized carbons (Fsp3) is 0.429. The van der Waals surface area contributed by atoms with E-state index in [1.807, 2.05) is 45.0 Å². The predicted molar refractivity (Wildman–Crippen MR) is 111 cm³/mol. The highest BCUT2D eigenvalue weighted by Crippen LogP contribution is 2.19. The summed E-state index contributed by atoms with van der Waals surface area (Å²) in [5.41, 5.74) is 1.05. The quantitative estimate of drug-likeness (QED) is 0.595. The number of hydrogen-bond acceptors (Lipinski definition) is 5. The predicted octanol–water partition coefficient (Wildman–Crippen LogP) is 2.44. The fourth-order valence-corrected chi connectivity index (χ4v) is 3.37. The van der Waals surface area contributed by atoms with Gasteiger partial charge >= 0.3 is 11.7 Å². The molecule has 0 unspecified atom stereocenters. The molecule has 0 saturated heterocycles. The molecule has 3 rings (SSSR count). The van der Waals surface area contributed by atoms with Gasteiger partial charge in [0.15, 0.2) is 11.2 Å². The molecule has 8 heteroatoms. The third-order valence-electron chi connectivity index (χ3n) is 4.81. The molecule has 0 saturated carbocycles. The van der Waals surface area contributed by atoms with Gasteiger partial charge in [0.1, 0.15) is 6.04 Å². The average molecular weight is 398 g/mol. The van der Waals surface area contributed by atoms with E-state index in [1.54, 1.807) is 13.8 Å². The smallest absolute Gasteiger partial charge is 0.337 e. The van der Waals surface area contributed by atoms with Gasteiger partial charge in [0.25, 0.3) is 5.56 Å². The maximum Gasteiger partial charge on any atom is 0.337 e. The number of ether oxygens (including phenoxy) is 1. The highest BCUT2D eigenvalue weighted by molar-refractivity contribution is 5.79. The summed E-state index contributed by atoms with van der Waals surface area (Å²) in [7, 11) is 0. The van der Waals surface area contributed by atoms with Gasteiger partial charge in [0, 0.05) is 6.54 Å². The Morgan fingerprint density at radius 1 is 1.17 bits per heavy atom. The lowest BCUT2D eigenvalue weighted by Gasteiger charge is -2.17. The second-order valence-corrected chi connectivity index (χ2v) is 7.47. The molecule has 2 heterocycles. The van der Waals surface area contributed by atoms with Crippen LogP contribution < -0.4 is 11.2 Å². The molecule has 0 fully saturated rings. The largest absolute Gasteiger partial charge is 0.464 e. The number of carbonyl (C=O) groups is 1. The summed E-state index contributed by atoms with van der Waals surface area (Å²) in [6, 6.07) is 6.67. The summed E-state index contributed by atoms with van der Waals surface area (Å²) in [6.07, 6.45) is 1.42. The molecule has 29 heavy (non-hydrogen) atoms. The second kappa shape index (κ2) is 8.06. The lowest BCUT2D eigenvalue weighted by atomic mass is 10.2. The van der Waals surface area contributed by atoms with E-state index in [4.69, 9.17) is 4.74 Å². The standard InChI is InChI=1S/C21H26N4O4/c1-6-29-20(27)15(5)24-12-22-18-17(24)19(26)23(11-13(2)3)21(28)25(18)16-10-8-7-9-14(16)4/h7-10,12-13,15H,6,11H2,1-5H3/t15-/m1/s1. The summed E-state index contributed by atoms with van der Waals surface area (Å²) < 4.78 is 9.26. The van der Waals surface area contributed by atoms with Crippen molar-refractivity contribution in [3.8, 4) is 5.69 Å². The molecular formula is C21H26N4O4. The zero-order valence-electron chi connectivity index (χ0n) is 17.4. The monoisotopic (exact) mass is 398 g/mol. The van der Waals surface area contributed by atoms with Crippen molar-refractivity contribution in [2.24, 2.45) is 5.92 Å². The Hall–Kier alpha value is -3.16. The number of carbonyl (C=O) groups excluding carboxylic acids is 1. The number of nitrogens with zero attached hydrogens (tertiary/aromatic N) is 4. The van der Waals surface area contributed by atoms with Crippen molar-refractivity contribution in [2.75, 3.05) is 6.61 Å². The van der Waals surface area contributed by atoms with Crippen LogP contribution in [0.2, 0.25) is 0 Å². The van der Waals surface area contributed by atoms with Crippen molar-refractivity contribution in [3.63, 3.8) is 0 Å². The maximum atomic E-state index is 13.3. The van der Waals surface area contributed by atoms with E-state index in [1.165, 1.54) is 20.0 Å². The zero-order chi connectivity index (χ0) is 21.3. The van der Waals surface area contributed by atoms with Crippen LogP contribution in [0.3, 0.4) is 0 Å². The van der Waals surface area contributed by atoms with Crippen molar-refractivity contribution < 1.29 is 9.53 Å². The topological polar surface area (TPSA) is 88.1 Å². The molecule has 8 nitrogen and oxygen atoms in total. The van der Waals surface area contributed by atoms with E-state index < -0.39 is 23.3 Å². The van der Waals surface area contributed by atoms with Crippen molar-refractivity contribution in [1.29, 1.82) is 0 Å². The first-order chi connectivity index (χ1) is 13.8. The number of imidazole rings is 1. The molecule has 0 bridgehead atoms. The van der Waals surface area contributed by atoms with Crippen LogP contribution in [-0.4, -0.2) is 31.3 Å².